The molecule has 3 aromatic heterocycles. The van der Waals surface area contributed by atoms with Crippen LogP contribution in [0, 0.1) is 0 Å². The lowest BCUT2D eigenvalue weighted by molar-refractivity contribution is -0.133. The molecule has 0 unspecified atom stereocenters. The Morgan fingerprint density at radius 1 is 1.16 bits per heavy atom. The van der Waals surface area contributed by atoms with Crippen molar-refractivity contribution in [1.29, 1.82) is 0 Å². The van der Waals surface area contributed by atoms with Gasteiger partial charge >= 0.3 is 0 Å². The fourth-order valence-corrected chi connectivity index (χ4v) is 3.67. The molecule has 2 amide bonds. The first kappa shape index (κ1) is 22.4. The van der Waals surface area contributed by atoms with Crippen molar-refractivity contribution < 1.29 is 14.2 Å². The number of aryl methyl sites for hydroxylation is 1. The van der Waals surface area contributed by atoms with Crippen LogP contribution in [0.2, 0.25) is 0 Å². The van der Waals surface area contributed by atoms with Gasteiger partial charge in [-0.05, 0) is 24.2 Å². The number of halogens is 1. The quantitative estimate of drug-likeness (QED) is 0.563. The Bertz CT molecular complexity index is 1100. The van der Waals surface area contributed by atoms with Crippen molar-refractivity contribution in [3.63, 3.8) is 0 Å². The van der Waals surface area contributed by atoms with Crippen LogP contribution in [0.1, 0.15) is 24.2 Å². The van der Waals surface area contributed by atoms with E-state index in [0.29, 0.717) is 60.8 Å². The van der Waals surface area contributed by atoms with Gasteiger partial charge in [0.05, 0.1) is 23.3 Å². The van der Waals surface area contributed by atoms with E-state index in [9.17, 15) is 9.59 Å². The zero-order valence-electron chi connectivity index (χ0n) is 17.2. The number of aromatic nitrogens is 5. The number of nitrogens with two attached hydrogens (primary N) is 2. The van der Waals surface area contributed by atoms with Crippen LogP contribution in [0.25, 0.3) is 22.6 Å². The monoisotopic (exact) mass is 449 g/mol. The summed E-state index contributed by atoms with van der Waals surface area (Å²) in [6.07, 6.45) is 3.12. The summed E-state index contributed by atoms with van der Waals surface area (Å²) in [5.74, 6) is 0.295. The maximum absolute atomic E-state index is 13.3. The number of nitrogens with zero attached hydrogens (tertiary/aromatic N) is 7. The van der Waals surface area contributed by atoms with Gasteiger partial charge < -0.3 is 25.8 Å². The number of hydrogen-bond acceptors (Lipinski definition) is 9. The number of amides is 2. The summed E-state index contributed by atoms with van der Waals surface area (Å²) in [5, 5.41) is 7.45. The van der Waals surface area contributed by atoms with Gasteiger partial charge in [0.25, 0.3) is 5.91 Å². The van der Waals surface area contributed by atoms with Gasteiger partial charge in [0.1, 0.15) is 5.52 Å². The minimum atomic E-state index is -0.555. The fraction of sp³-hybridized carbons (Fsp3) is 0.444. The van der Waals surface area contributed by atoms with E-state index in [1.54, 1.807) is 22.9 Å². The Kier molecular flexibility index (Phi) is 6.41. The smallest absolute Gasteiger partial charge is 0.257 e. The molecule has 0 bridgehead atoms. The van der Waals surface area contributed by atoms with Gasteiger partial charge in [-0.1, -0.05) is 0 Å². The summed E-state index contributed by atoms with van der Waals surface area (Å²) in [6, 6.07) is -0.555. The van der Waals surface area contributed by atoms with E-state index in [4.69, 9.17) is 16.1 Å². The number of pyridine rings is 1. The molecule has 4 N–H and O–H groups in total. The van der Waals surface area contributed by atoms with Crippen LogP contribution >= 0.6 is 12.4 Å². The first-order valence-electron chi connectivity index (χ1n) is 9.68. The first-order chi connectivity index (χ1) is 14.4. The molecule has 4 rings (SSSR count). The van der Waals surface area contributed by atoms with Crippen LogP contribution in [0.15, 0.2) is 17.0 Å². The third kappa shape index (κ3) is 3.91. The summed E-state index contributed by atoms with van der Waals surface area (Å²) < 4.78 is 6.55. The van der Waals surface area contributed by atoms with Gasteiger partial charge in [0.15, 0.2) is 17.3 Å². The molecule has 1 atom stereocenters. The highest BCUT2D eigenvalue weighted by Crippen LogP contribution is 2.28. The summed E-state index contributed by atoms with van der Waals surface area (Å²) in [7, 11) is 0. The van der Waals surface area contributed by atoms with Gasteiger partial charge in [-0.3, -0.25) is 14.6 Å². The highest BCUT2D eigenvalue weighted by Gasteiger charge is 2.29. The topological polar surface area (TPSA) is 162 Å². The summed E-state index contributed by atoms with van der Waals surface area (Å²) >= 11 is 0. The average Bonchev–Trinajstić information content (AvgIpc) is 3.35. The normalized spacial score (nSPS) is 15.1. The minimum absolute atomic E-state index is 0. The predicted octanol–water partition coefficient (Wildman–Crippen LogP) is 0.137. The lowest BCUT2D eigenvalue weighted by atomic mass is 10.2. The SMILES string of the molecule is CCn1c(-c2nonc2N)nc2cncc(C(=O)N3CCN(C(=O)[C@@H](C)N)CC3)c21.Cl. The van der Waals surface area contributed by atoms with Gasteiger partial charge in [-0.25, -0.2) is 9.61 Å². The molecular weight excluding hydrogens is 426 g/mol. The van der Waals surface area contributed by atoms with Crippen molar-refractivity contribution >= 4 is 41.1 Å². The lowest BCUT2D eigenvalue weighted by Crippen LogP contribution is -2.53. The van der Waals surface area contributed by atoms with E-state index in [1.807, 2.05) is 11.5 Å². The summed E-state index contributed by atoms with van der Waals surface area (Å²) in [6.45, 7) is 5.83. The maximum Gasteiger partial charge on any atom is 0.257 e. The van der Waals surface area contributed by atoms with Crippen molar-refractivity contribution in [2.75, 3.05) is 31.9 Å². The molecule has 166 valence electrons. The van der Waals surface area contributed by atoms with E-state index in [2.05, 4.69) is 20.3 Å². The van der Waals surface area contributed by atoms with E-state index < -0.39 is 6.04 Å². The second-order valence-corrected chi connectivity index (χ2v) is 7.14. The minimum Gasteiger partial charge on any atom is -0.379 e. The number of anilines is 1. The van der Waals surface area contributed by atoms with Crippen LogP contribution in [0.4, 0.5) is 5.82 Å². The van der Waals surface area contributed by atoms with Crippen LogP contribution < -0.4 is 11.5 Å². The van der Waals surface area contributed by atoms with Gasteiger partial charge in [0.2, 0.25) is 5.91 Å². The van der Waals surface area contributed by atoms with E-state index in [1.165, 1.54) is 6.20 Å². The molecule has 0 saturated carbocycles. The van der Waals surface area contributed by atoms with E-state index in [-0.39, 0.29) is 30.0 Å². The highest BCUT2D eigenvalue weighted by molar-refractivity contribution is 6.05. The van der Waals surface area contributed by atoms with Gasteiger partial charge in [-0.15, -0.1) is 12.4 Å². The highest BCUT2D eigenvalue weighted by atomic mass is 35.5. The maximum atomic E-state index is 13.3. The number of rotatable bonds is 4. The summed E-state index contributed by atoms with van der Waals surface area (Å²) in [5.41, 5.74) is 13.5. The third-order valence-electron chi connectivity index (χ3n) is 5.19. The Balaban J connectivity index is 0.00000272. The molecule has 0 spiro atoms. The third-order valence-corrected chi connectivity index (χ3v) is 5.19. The van der Waals surface area contributed by atoms with Crippen LogP contribution in [0.3, 0.4) is 0 Å². The molecule has 1 saturated heterocycles. The number of piperazine rings is 1. The van der Waals surface area contributed by atoms with Crippen molar-refractivity contribution in [3.8, 4) is 11.5 Å². The molecule has 1 fully saturated rings. The van der Waals surface area contributed by atoms with Crippen molar-refractivity contribution in [2.45, 2.75) is 26.4 Å². The van der Waals surface area contributed by atoms with Crippen molar-refractivity contribution in [2.24, 2.45) is 5.73 Å². The molecule has 4 heterocycles. The van der Waals surface area contributed by atoms with Crippen molar-refractivity contribution in [1.82, 2.24) is 34.6 Å². The van der Waals surface area contributed by atoms with Gasteiger partial charge in [0, 0.05) is 38.9 Å². The van der Waals surface area contributed by atoms with Crippen LogP contribution in [-0.2, 0) is 11.3 Å². The molecule has 1 aliphatic rings. The average molecular weight is 450 g/mol. The van der Waals surface area contributed by atoms with E-state index in [0.717, 1.165) is 0 Å². The number of fused-ring (bicyclic) bond motifs is 1. The zero-order chi connectivity index (χ0) is 21.4. The predicted molar refractivity (Wildman–Crippen MR) is 114 cm³/mol. The van der Waals surface area contributed by atoms with E-state index >= 15 is 0 Å². The second-order valence-electron chi connectivity index (χ2n) is 7.14. The van der Waals surface area contributed by atoms with Crippen LogP contribution in [0.5, 0.6) is 0 Å². The molecule has 31 heavy (non-hydrogen) atoms. The number of nitrogen functional groups attached to an aromatic ring is 1. The number of hydrogen-bond donors (Lipinski definition) is 2. The second kappa shape index (κ2) is 8.86. The molecule has 0 aromatic carbocycles. The molecule has 12 nitrogen and oxygen atoms in total. The first-order valence-corrected chi connectivity index (χ1v) is 9.68. The van der Waals surface area contributed by atoms with Crippen molar-refractivity contribution in [3.05, 3.63) is 18.0 Å². The van der Waals surface area contributed by atoms with Gasteiger partial charge in [-0.2, -0.15) is 0 Å². The molecule has 13 heteroatoms. The molecule has 1 aliphatic heterocycles. The van der Waals surface area contributed by atoms with Crippen LogP contribution in [-0.4, -0.2) is 78.7 Å². The Labute approximate surface area is 183 Å². The molecule has 0 radical (unpaired) electrons. The largest absolute Gasteiger partial charge is 0.379 e. The Morgan fingerprint density at radius 3 is 2.42 bits per heavy atom. The number of carbonyl (C=O) groups is 2. The Hall–Kier alpha value is -3.25. The molecule has 3 aromatic rings. The molecule has 0 aliphatic carbocycles. The Morgan fingerprint density at radius 2 is 1.84 bits per heavy atom. The zero-order valence-corrected chi connectivity index (χ0v) is 18.0. The lowest BCUT2D eigenvalue weighted by Gasteiger charge is -2.35. The number of carbonyl (C=O) groups excluding carboxylic acids is 2. The standard InChI is InChI=1S/C18H23N9O3.ClH/c1-3-27-14-11(18(29)26-6-4-25(5-7-26)17(28)10(2)19)8-21-9-12(14)22-16(27)13-15(20)24-30-23-13;/h8-10H,3-7,19H2,1-2H3,(H2,20,24);1H/t10-;/m1./s1. The number of imidazole rings is 1. The fourth-order valence-electron chi connectivity index (χ4n) is 3.67. The summed E-state index contributed by atoms with van der Waals surface area (Å²) in [4.78, 5) is 37.5. The molecular formula is C18H24ClN9O3.